The Morgan fingerprint density at radius 2 is 1.48 bits per heavy atom. The Hall–Kier alpha value is -1.10. The van der Waals surface area contributed by atoms with E-state index in [1.54, 1.807) is 0 Å². The second-order valence-electron chi connectivity index (χ2n) is 10.0. The normalized spacial score (nSPS) is 24.2. The second-order valence-corrected chi connectivity index (χ2v) is 10.0. The zero-order valence-electron chi connectivity index (χ0n) is 18.9. The molecule has 1 aliphatic heterocycles. The number of hydrogen-bond acceptors (Lipinski definition) is 3. The zero-order valence-corrected chi connectivity index (χ0v) is 19.8. The van der Waals surface area contributed by atoms with Crippen LogP contribution in [0.4, 0.5) is 0 Å². The van der Waals surface area contributed by atoms with Crippen molar-refractivity contribution >= 4 is 18.3 Å². The number of piperidine rings is 1. The van der Waals surface area contributed by atoms with E-state index in [4.69, 9.17) is 0 Å². The van der Waals surface area contributed by atoms with Crippen molar-refractivity contribution in [2.75, 3.05) is 19.6 Å². The minimum Gasteiger partial charge on any atom is -0.375 e. The van der Waals surface area contributed by atoms with Gasteiger partial charge in [0.2, 0.25) is 0 Å². The molecule has 1 aromatic rings. The van der Waals surface area contributed by atoms with Gasteiger partial charge in [-0.2, -0.15) is 0 Å². The molecule has 0 spiro atoms. The molecule has 0 bridgehead atoms. The molecule has 0 aromatic heterocycles. The zero-order chi connectivity index (χ0) is 20.8. The number of aliphatic hydroxyl groups is 1. The summed E-state index contributed by atoms with van der Waals surface area (Å²) in [5, 5.41) is 14.9. The van der Waals surface area contributed by atoms with Crippen LogP contribution in [-0.2, 0) is 10.4 Å². The standard InChI is InChI=1S/C26H40N2O2.ClH/c29-25(26(30,23-14-8-9-15-23)22-12-6-3-7-13-22)27-24-16-18-28(19-17-24)20-21-10-4-1-2-5-11-21;/h3,6-7,12-13,21,23-24,30H,1-2,4-5,8-11,14-20H2,(H,27,29);1H/t26-;/m0./s1. The molecule has 1 amide bonds. The smallest absolute Gasteiger partial charge is 0.257 e. The van der Waals surface area contributed by atoms with E-state index in [-0.39, 0.29) is 30.3 Å². The number of carbonyl (C=O) groups is 1. The van der Waals surface area contributed by atoms with E-state index in [2.05, 4.69) is 10.2 Å². The Labute approximate surface area is 194 Å². The van der Waals surface area contributed by atoms with E-state index in [0.717, 1.165) is 63.1 Å². The van der Waals surface area contributed by atoms with Crippen LogP contribution < -0.4 is 5.32 Å². The lowest BCUT2D eigenvalue weighted by Gasteiger charge is -2.38. The molecule has 4 rings (SSSR count). The van der Waals surface area contributed by atoms with Crippen molar-refractivity contribution in [1.82, 2.24) is 10.2 Å². The van der Waals surface area contributed by atoms with Crippen LogP contribution in [0.15, 0.2) is 30.3 Å². The summed E-state index contributed by atoms with van der Waals surface area (Å²) in [4.78, 5) is 16.0. The molecule has 3 fully saturated rings. The lowest BCUT2D eigenvalue weighted by Crippen LogP contribution is -2.54. The van der Waals surface area contributed by atoms with Gasteiger partial charge in [-0.25, -0.2) is 0 Å². The first-order chi connectivity index (χ1) is 14.7. The van der Waals surface area contributed by atoms with Crippen molar-refractivity contribution in [3.63, 3.8) is 0 Å². The minimum absolute atomic E-state index is 0. The van der Waals surface area contributed by atoms with Crippen molar-refractivity contribution in [2.45, 2.75) is 88.7 Å². The molecule has 2 saturated carbocycles. The van der Waals surface area contributed by atoms with Crippen molar-refractivity contribution in [3.8, 4) is 0 Å². The Kier molecular flexibility index (Phi) is 9.24. The molecule has 3 aliphatic rings. The maximum atomic E-state index is 13.4. The number of carbonyl (C=O) groups excluding carboxylic acids is 1. The summed E-state index contributed by atoms with van der Waals surface area (Å²) in [6, 6.07) is 9.80. The predicted octanol–water partition coefficient (Wildman–Crippen LogP) is 5.04. The Morgan fingerprint density at radius 1 is 0.903 bits per heavy atom. The summed E-state index contributed by atoms with van der Waals surface area (Å²) in [7, 11) is 0. The number of nitrogens with zero attached hydrogens (tertiary/aromatic N) is 1. The number of rotatable bonds is 6. The highest BCUT2D eigenvalue weighted by molar-refractivity contribution is 5.87. The van der Waals surface area contributed by atoms with Crippen molar-refractivity contribution < 1.29 is 9.90 Å². The molecule has 174 valence electrons. The summed E-state index contributed by atoms with van der Waals surface area (Å²) in [6.45, 7) is 3.36. The van der Waals surface area contributed by atoms with E-state index in [1.807, 2.05) is 30.3 Å². The second kappa shape index (κ2) is 11.7. The molecule has 2 N–H and O–H groups in total. The third kappa shape index (κ3) is 6.03. The van der Waals surface area contributed by atoms with Gasteiger partial charge in [0.1, 0.15) is 0 Å². The number of likely N-dealkylation sites (tertiary alicyclic amines) is 1. The summed E-state index contributed by atoms with van der Waals surface area (Å²) in [5.74, 6) is 0.710. The fraction of sp³-hybridized carbons (Fsp3) is 0.731. The largest absolute Gasteiger partial charge is 0.375 e. The highest BCUT2D eigenvalue weighted by atomic mass is 35.5. The topological polar surface area (TPSA) is 52.6 Å². The van der Waals surface area contributed by atoms with Crippen LogP contribution in [0.1, 0.15) is 82.6 Å². The van der Waals surface area contributed by atoms with Crippen molar-refractivity contribution in [2.24, 2.45) is 11.8 Å². The van der Waals surface area contributed by atoms with Crippen LogP contribution in [0.25, 0.3) is 0 Å². The van der Waals surface area contributed by atoms with Gasteiger partial charge >= 0.3 is 0 Å². The van der Waals surface area contributed by atoms with Crippen LogP contribution in [-0.4, -0.2) is 41.6 Å². The van der Waals surface area contributed by atoms with Gasteiger partial charge in [-0.15, -0.1) is 12.4 Å². The molecule has 0 unspecified atom stereocenters. The van der Waals surface area contributed by atoms with Gasteiger partial charge in [0.25, 0.3) is 5.91 Å². The highest BCUT2D eigenvalue weighted by Gasteiger charge is 2.46. The first-order valence-corrected chi connectivity index (χ1v) is 12.5. The van der Waals surface area contributed by atoms with Crippen molar-refractivity contribution in [3.05, 3.63) is 35.9 Å². The summed E-state index contributed by atoms with van der Waals surface area (Å²) in [6.07, 6.45) is 14.5. The number of nitrogens with one attached hydrogen (secondary N) is 1. The minimum atomic E-state index is -1.39. The molecule has 1 aromatic carbocycles. The average molecular weight is 449 g/mol. The van der Waals surface area contributed by atoms with E-state index < -0.39 is 5.60 Å². The molecule has 5 heteroatoms. The van der Waals surface area contributed by atoms with Crippen LogP contribution in [0.5, 0.6) is 0 Å². The molecule has 0 radical (unpaired) electrons. The Bertz CT molecular complexity index is 663. The maximum Gasteiger partial charge on any atom is 0.257 e. The first-order valence-electron chi connectivity index (χ1n) is 12.5. The quantitative estimate of drug-likeness (QED) is 0.599. The van der Waals surface area contributed by atoms with Crippen LogP contribution in [0.3, 0.4) is 0 Å². The summed E-state index contributed by atoms with van der Waals surface area (Å²) >= 11 is 0. The molecule has 4 nitrogen and oxygen atoms in total. The third-order valence-corrected chi connectivity index (χ3v) is 7.92. The molecule has 31 heavy (non-hydrogen) atoms. The predicted molar refractivity (Wildman–Crippen MR) is 128 cm³/mol. The number of hydrogen-bond donors (Lipinski definition) is 2. The van der Waals surface area contributed by atoms with Gasteiger partial charge in [0.15, 0.2) is 5.60 Å². The van der Waals surface area contributed by atoms with Crippen LogP contribution in [0, 0.1) is 11.8 Å². The number of amides is 1. The Morgan fingerprint density at radius 3 is 2.10 bits per heavy atom. The van der Waals surface area contributed by atoms with Gasteiger partial charge in [-0.05, 0) is 50.0 Å². The van der Waals surface area contributed by atoms with Gasteiger partial charge < -0.3 is 15.3 Å². The van der Waals surface area contributed by atoms with Gasteiger partial charge in [-0.1, -0.05) is 68.9 Å². The molecular formula is C26H41ClN2O2. The van der Waals surface area contributed by atoms with Crippen LogP contribution in [0.2, 0.25) is 0 Å². The Balaban J connectivity index is 0.00000272. The lowest BCUT2D eigenvalue weighted by molar-refractivity contribution is -0.148. The SMILES string of the molecule is Cl.O=C(NC1CCN(CC2CCCCCC2)CC1)[C@](O)(c1ccccc1)C1CCCC1. The molecule has 1 heterocycles. The third-order valence-electron chi connectivity index (χ3n) is 7.92. The van der Waals surface area contributed by atoms with E-state index in [1.165, 1.54) is 45.1 Å². The van der Waals surface area contributed by atoms with Crippen LogP contribution >= 0.6 is 12.4 Å². The van der Waals surface area contributed by atoms with E-state index in [0.29, 0.717) is 0 Å². The van der Waals surface area contributed by atoms with E-state index in [9.17, 15) is 9.90 Å². The maximum absolute atomic E-state index is 13.4. The molecular weight excluding hydrogens is 408 g/mol. The van der Waals surface area contributed by atoms with Gasteiger partial charge in [0.05, 0.1) is 0 Å². The lowest BCUT2D eigenvalue weighted by atomic mass is 9.79. The summed E-state index contributed by atoms with van der Waals surface area (Å²) in [5.41, 5.74) is -0.643. The fourth-order valence-corrected chi connectivity index (χ4v) is 6.05. The van der Waals surface area contributed by atoms with Gasteiger partial charge in [-0.3, -0.25) is 4.79 Å². The highest BCUT2D eigenvalue weighted by Crippen LogP contribution is 2.41. The fourth-order valence-electron chi connectivity index (χ4n) is 6.05. The molecule has 2 aliphatic carbocycles. The molecule has 1 saturated heterocycles. The average Bonchev–Trinajstić information content (AvgIpc) is 3.21. The monoisotopic (exact) mass is 448 g/mol. The van der Waals surface area contributed by atoms with Gasteiger partial charge in [0, 0.05) is 31.6 Å². The summed E-state index contributed by atoms with van der Waals surface area (Å²) < 4.78 is 0. The van der Waals surface area contributed by atoms with E-state index >= 15 is 0 Å². The first kappa shape index (κ1) is 24.5. The van der Waals surface area contributed by atoms with Crippen molar-refractivity contribution in [1.29, 1.82) is 0 Å². The molecule has 1 atom stereocenters. The number of benzene rings is 1. The number of halogens is 1.